The summed E-state index contributed by atoms with van der Waals surface area (Å²) in [5.74, 6) is 0.894. The van der Waals surface area contributed by atoms with Crippen LogP contribution in [-0.2, 0) is 6.54 Å². The molecule has 12 heavy (non-hydrogen) atoms. The summed E-state index contributed by atoms with van der Waals surface area (Å²) in [4.78, 5) is 0. The first-order valence-corrected chi connectivity index (χ1v) is 4.94. The van der Waals surface area contributed by atoms with E-state index in [-0.39, 0.29) is 0 Å². The number of halogens is 1. The zero-order chi connectivity index (χ0) is 8.55. The van der Waals surface area contributed by atoms with Gasteiger partial charge in [-0.25, -0.2) is 4.68 Å². The Bertz CT molecular complexity index is 295. The topological polar surface area (TPSA) is 27.1 Å². The summed E-state index contributed by atoms with van der Waals surface area (Å²) < 4.78 is 8.49. The average molecular weight is 231 g/mol. The maximum absolute atomic E-state index is 5.55. The second-order valence-corrected chi connectivity index (χ2v) is 3.78. The summed E-state index contributed by atoms with van der Waals surface area (Å²) in [5.41, 5.74) is 1.01. The molecule has 1 aliphatic heterocycles. The van der Waals surface area contributed by atoms with E-state index in [0.29, 0.717) is 0 Å². The Morgan fingerprint density at radius 3 is 3.17 bits per heavy atom. The van der Waals surface area contributed by atoms with E-state index < -0.39 is 0 Å². The SMILES string of the molecule is Cc1nn2c(c1Br)OCCCC2. The fourth-order valence-electron chi connectivity index (χ4n) is 1.36. The molecule has 0 atom stereocenters. The van der Waals surface area contributed by atoms with Crippen LogP contribution in [0.25, 0.3) is 0 Å². The number of aromatic nitrogens is 2. The van der Waals surface area contributed by atoms with Crippen molar-refractivity contribution in [2.75, 3.05) is 6.61 Å². The van der Waals surface area contributed by atoms with Crippen molar-refractivity contribution in [3.8, 4) is 5.88 Å². The van der Waals surface area contributed by atoms with Crippen molar-refractivity contribution >= 4 is 15.9 Å². The van der Waals surface area contributed by atoms with Gasteiger partial charge in [0, 0.05) is 6.54 Å². The molecule has 3 nitrogen and oxygen atoms in total. The van der Waals surface area contributed by atoms with Crippen molar-refractivity contribution in [1.29, 1.82) is 0 Å². The third-order valence-corrected chi connectivity index (χ3v) is 2.93. The van der Waals surface area contributed by atoms with Crippen LogP contribution in [0.5, 0.6) is 5.88 Å². The Kier molecular flexibility index (Phi) is 2.09. The molecule has 0 N–H and O–H groups in total. The molecular formula is C8H11BrN2O. The van der Waals surface area contributed by atoms with Crippen LogP contribution in [0.15, 0.2) is 4.47 Å². The third kappa shape index (κ3) is 1.24. The van der Waals surface area contributed by atoms with Gasteiger partial charge in [-0.2, -0.15) is 5.10 Å². The van der Waals surface area contributed by atoms with Crippen LogP contribution < -0.4 is 4.74 Å². The van der Waals surface area contributed by atoms with Gasteiger partial charge in [0.2, 0.25) is 5.88 Å². The first-order valence-electron chi connectivity index (χ1n) is 4.15. The first kappa shape index (κ1) is 8.10. The summed E-state index contributed by atoms with van der Waals surface area (Å²) >= 11 is 3.46. The van der Waals surface area contributed by atoms with Gasteiger partial charge in [0.15, 0.2) is 0 Å². The van der Waals surface area contributed by atoms with Crippen LogP contribution in [0, 0.1) is 6.92 Å². The largest absolute Gasteiger partial charge is 0.477 e. The quantitative estimate of drug-likeness (QED) is 0.683. The van der Waals surface area contributed by atoms with E-state index in [1.807, 2.05) is 11.6 Å². The van der Waals surface area contributed by atoms with E-state index in [4.69, 9.17) is 4.74 Å². The highest BCUT2D eigenvalue weighted by Gasteiger charge is 2.15. The summed E-state index contributed by atoms with van der Waals surface area (Å²) in [6, 6.07) is 0. The smallest absolute Gasteiger partial charge is 0.226 e. The van der Waals surface area contributed by atoms with E-state index >= 15 is 0 Å². The molecule has 0 amide bonds. The molecule has 0 spiro atoms. The molecule has 0 unspecified atom stereocenters. The number of aryl methyl sites for hydroxylation is 2. The molecule has 1 aromatic rings. The lowest BCUT2D eigenvalue weighted by Crippen LogP contribution is -1.99. The minimum Gasteiger partial charge on any atom is -0.477 e. The van der Waals surface area contributed by atoms with E-state index in [0.717, 1.165) is 42.0 Å². The van der Waals surface area contributed by atoms with Gasteiger partial charge in [-0.3, -0.25) is 0 Å². The number of hydrogen-bond donors (Lipinski definition) is 0. The average Bonchev–Trinajstić information content (AvgIpc) is 2.30. The summed E-state index contributed by atoms with van der Waals surface area (Å²) in [7, 11) is 0. The van der Waals surface area contributed by atoms with Gasteiger partial charge in [-0.05, 0) is 35.7 Å². The van der Waals surface area contributed by atoms with Crippen molar-refractivity contribution in [3.63, 3.8) is 0 Å². The highest BCUT2D eigenvalue weighted by Crippen LogP contribution is 2.29. The van der Waals surface area contributed by atoms with Crippen molar-refractivity contribution in [2.45, 2.75) is 26.3 Å². The van der Waals surface area contributed by atoms with E-state index in [9.17, 15) is 0 Å². The monoisotopic (exact) mass is 230 g/mol. The number of rotatable bonds is 0. The second kappa shape index (κ2) is 3.09. The second-order valence-electron chi connectivity index (χ2n) is 2.98. The van der Waals surface area contributed by atoms with E-state index in [2.05, 4.69) is 21.0 Å². The van der Waals surface area contributed by atoms with Crippen LogP contribution >= 0.6 is 15.9 Å². The molecule has 1 aliphatic rings. The molecular weight excluding hydrogens is 220 g/mol. The van der Waals surface area contributed by atoms with Crippen LogP contribution in [0.1, 0.15) is 18.5 Å². The predicted molar refractivity (Wildman–Crippen MR) is 49.4 cm³/mol. The van der Waals surface area contributed by atoms with Crippen molar-refractivity contribution in [1.82, 2.24) is 9.78 Å². The molecule has 0 saturated carbocycles. The lowest BCUT2D eigenvalue weighted by molar-refractivity contribution is 0.301. The Morgan fingerprint density at radius 2 is 2.33 bits per heavy atom. The third-order valence-electron chi connectivity index (χ3n) is 2.01. The van der Waals surface area contributed by atoms with Crippen LogP contribution in [-0.4, -0.2) is 16.4 Å². The van der Waals surface area contributed by atoms with Gasteiger partial charge >= 0.3 is 0 Å². The molecule has 0 fully saturated rings. The van der Waals surface area contributed by atoms with Gasteiger partial charge in [-0.1, -0.05) is 0 Å². The van der Waals surface area contributed by atoms with Gasteiger partial charge in [0.25, 0.3) is 0 Å². The fraction of sp³-hybridized carbons (Fsp3) is 0.625. The van der Waals surface area contributed by atoms with E-state index in [1.165, 1.54) is 0 Å². The normalized spacial score (nSPS) is 16.5. The number of fused-ring (bicyclic) bond motifs is 1. The molecule has 0 radical (unpaired) electrons. The minimum absolute atomic E-state index is 0.809. The maximum atomic E-state index is 5.55. The highest BCUT2D eigenvalue weighted by atomic mass is 79.9. The molecule has 0 aliphatic carbocycles. The van der Waals surface area contributed by atoms with Gasteiger partial charge in [0.05, 0.1) is 12.3 Å². The molecule has 66 valence electrons. The van der Waals surface area contributed by atoms with Crippen molar-refractivity contribution in [2.24, 2.45) is 0 Å². The Labute approximate surface area is 79.8 Å². The molecule has 0 saturated heterocycles. The standard InChI is InChI=1S/C8H11BrN2O/c1-6-7(9)8-11(10-6)4-2-3-5-12-8/h2-5H2,1H3. The highest BCUT2D eigenvalue weighted by molar-refractivity contribution is 9.10. The first-order chi connectivity index (χ1) is 5.79. The summed E-state index contributed by atoms with van der Waals surface area (Å²) in [6.45, 7) is 3.76. The Hall–Kier alpha value is -0.510. The predicted octanol–water partition coefficient (Wildman–Crippen LogP) is 2.13. The molecule has 4 heteroatoms. The van der Waals surface area contributed by atoms with Crippen LogP contribution in [0.3, 0.4) is 0 Å². The fourth-order valence-corrected chi connectivity index (χ4v) is 1.76. The van der Waals surface area contributed by atoms with Gasteiger partial charge in [-0.15, -0.1) is 0 Å². The number of hydrogen-bond acceptors (Lipinski definition) is 2. The summed E-state index contributed by atoms with van der Waals surface area (Å²) in [6.07, 6.45) is 2.27. The lowest BCUT2D eigenvalue weighted by atomic mass is 10.3. The van der Waals surface area contributed by atoms with E-state index in [1.54, 1.807) is 0 Å². The Balaban J connectivity index is 2.42. The van der Waals surface area contributed by atoms with Crippen molar-refractivity contribution < 1.29 is 4.74 Å². The van der Waals surface area contributed by atoms with Gasteiger partial charge in [0.1, 0.15) is 4.47 Å². The summed E-state index contributed by atoms with van der Waals surface area (Å²) in [5, 5.41) is 4.36. The minimum atomic E-state index is 0.809. The zero-order valence-electron chi connectivity index (χ0n) is 7.01. The molecule has 2 rings (SSSR count). The van der Waals surface area contributed by atoms with Crippen molar-refractivity contribution in [3.05, 3.63) is 10.2 Å². The maximum Gasteiger partial charge on any atom is 0.226 e. The molecule has 0 bridgehead atoms. The van der Waals surface area contributed by atoms with Crippen LogP contribution in [0.4, 0.5) is 0 Å². The molecule has 2 heterocycles. The van der Waals surface area contributed by atoms with Gasteiger partial charge < -0.3 is 4.74 Å². The number of ether oxygens (including phenoxy) is 1. The molecule has 1 aromatic heterocycles. The molecule has 0 aromatic carbocycles. The number of nitrogens with zero attached hydrogens (tertiary/aromatic N) is 2. The zero-order valence-corrected chi connectivity index (χ0v) is 8.60. The van der Waals surface area contributed by atoms with Crippen LogP contribution in [0.2, 0.25) is 0 Å². The Morgan fingerprint density at radius 1 is 1.50 bits per heavy atom. The lowest BCUT2D eigenvalue weighted by Gasteiger charge is -2.01.